The number of hydrogen-bond donors (Lipinski definition) is 5. The van der Waals surface area contributed by atoms with Crippen molar-refractivity contribution in [2.24, 2.45) is 0 Å². The number of nitrogens with one attached hydrogen (secondary N) is 1. The SMILES string of the molecule is CCCCCCCCCCCCNC1O[C@H](CO)[C@@H](O)[C@H](O)[C@@H]1O. The summed E-state index contributed by atoms with van der Waals surface area (Å²) in [5, 5.41) is 41.5. The van der Waals surface area contributed by atoms with Crippen LogP contribution in [-0.4, -0.2) is 64.2 Å². The highest BCUT2D eigenvalue weighted by molar-refractivity contribution is 4.90. The summed E-state index contributed by atoms with van der Waals surface area (Å²) in [5.74, 6) is 0. The maximum atomic E-state index is 9.90. The van der Waals surface area contributed by atoms with Gasteiger partial charge in [-0.2, -0.15) is 0 Å². The Hall–Kier alpha value is -0.240. The van der Waals surface area contributed by atoms with Crippen LogP contribution < -0.4 is 5.32 Å². The van der Waals surface area contributed by atoms with E-state index in [4.69, 9.17) is 9.84 Å². The first-order valence-corrected chi connectivity index (χ1v) is 9.65. The van der Waals surface area contributed by atoms with E-state index < -0.39 is 30.6 Å². The fourth-order valence-electron chi connectivity index (χ4n) is 3.13. The zero-order valence-electron chi connectivity index (χ0n) is 15.1. The number of rotatable bonds is 13. The van der Waals surface area contributed by atoms with Gasteiger partial charge in [0, 0.05) is 0 Å². The molecule has 5 atom stereocenters. The van der Waals surface area contributed by atoms with Crippen molar-refractivity contribution >= 4 is 0 Å². The molecule has 1 saturated heterocycles. The van der Waals surface area contributed by atoms with Gasteiger partial charge in [-0.05, 0) is 13.0 Å². The van der Waals surface area contributed by atoms with Gasteiger partial charge in [0.2, 0.25) is 0 Å². The minimum atomic E-state index is -1.30. The minimum Gasteiger partial charge on any atom is -0.394 e. The fraction of sp³-hybridized carbons (Fsp3) is 1.00. The average molecular weight is 347 g/mol. The highest BCUT2D eigenvalue weighted by Gasteiger charge is 2.42. The molecule has 0 spiro atoms. The third kappa shape index (κ3) is 7.76. The van der Waals surface area contributed by atoms with Gasteiger partial charge in [0.15, 0.2) is 0 Å². The van der Waals surface area contributed by atoms with Crippen molar-refractivity contribution in [3.63, 3.8) is 0 Å². The van der Waals surface area contributed by atoms with E-state index in [1.165, 1.54) is 51.4 Å². The lowest BCUT2D eigenvalue weighted by Gasteiger charge is -2.40. The van der Waals surface area contributed by atoms with Gasteiger partial charge in [0.1, 0.15) is 30.6 Å². The van der Waals surface area contributed by atoms with Crippen molar-refractivity contribution in [2.45, 2.75) is 102 Å². The van der Waals surface area contributed by atoms with Crippen LogP contribution in [0.1, 0.15) is 71.1 Å². The molecule has 0 aromatic carbocycles. The molecule has 0 bridgehead atoms. The third-order valence-electron chi connectivity index (χ3n) is 4.77. The summed E-state index contributed by atoms with van der Waals surface area (Å²) in [6.45, 7) is 2.53. The molecule has 1 rings (SSSR count). The van der Waals surface area contributed by atoms with Crippen molar-refractivity contribution in [3.05, 3.63) is 0 Å². The first-order chi connectivity index (χ1) is 11.6. The highest BCUT2D eigenvalue weighted by Crippen LogP contribution is 2.19. The van der Waals surface area contributed by atoms with E-state index in [9.17, 15) is 15.3 Å². The van der Waals surface area contributed by atoms with Gasteiger partial charge in [0.25, 0.3) is 0 Å². The molecule has 1 aliphatic heterocycles. The van der Waals surface area contributed by atoms with E-state index in [0.29, 0.717) is 6.54 Å². The lowest BCUT2D eigenvalue weighted by Crippen LogP contribution is -2.62. The number of aliphatic hydroxyl groups is 4. The van der Waals surface area contributed by atoms with Crippen LogP contribution in [0.25, 0.3) is 0 Å². The lowest BCUT2D eigenvalue weighted by atomic mass is 9.98. The monoisotopic (exact) mass is 347 g/mol. The van der Waals surface area contributed by atoms with Gasteiger partial charge in [-0.3, -0.25) is 5.32 Å². The number of aliphatic hydroxyl groups excluding tert-OH is 4. The smallest absolute Gasteiger partial charge is 0.137 e. The zero-order chi connectivity index (χ0) is 17.8. The summed E-state index contributed by atoms with van der Waals surface area (Å²) in [7, 11) is 0. The molecule has 1 fully saturated rings. The van der Waals surface area contributed by atoms with Crippen LogP contribution in [0.4, 0.5) is 0 Å². The van der Waals surface area contributed by atoms with Crippen LogP contribution in [0.2, 0.25) is 0 Å². The zero-order valence-corrected chi connectivity index (χ0v) is 15.1. The molecule has 0 aromatic rings. The first-order valence-electron chi connectivity index (χ1n) is 9.65. The van der Waals surface area contributed by atoms with Gasteiger partial charge in [-0.15, -0.1) is 0 Å². The van der Waals surface area contributed by atoms with Gasteiger partial charge in [-0.25, -0.2) is 0 Å². The highest BCUT2D eigenvalue weighted by atomic mass is 16.6. The summed E-state index contributed by atoms with van der Waals surface area (Å²) in [5.41, 5.74) is 0. The second-order valence-corrected chi connectivity index (χ2v) is 6.89. The standard InChI is InChI=1S/C18H37NO5/c1-2-3-4-5-6-7-8-9-10-11-12-19-18-17(23)16(22)15(21)14(13-20)24-18/h14-23H,2-13H2,1H3/t14-,15-,16+,17+,18?/m1/s1. The predicted octanol–water partition coefficient (Wildman–Crippen LogP) is 1.30. The van der Waals surface area contributed by atoms with E-state index in [2.05, 4.69) is 12.2 Å². The summed E-state index contributed by atoms with van der Waals surface area (Å²) in [6, 6.07) is 0. The molecule has 6 heteroatoms. The van der Waals surface area contributed by atoms with Gasteiger partial charge >= 0.3 is 0 Å². The van der Waals surface area contributed by atoms with Crippen molar-refractivity contribution in [1.82, 2.24) is 5.32 Å². The predicted molar refractivity (Wildman–Crippen MR) is 93.6 cm³/mol. The number of unbranched alkanes of at least 4 members (excludes halogenated alkanes) is 9. The fourth-order valence-corrected chi connectivity index (χ4v) is 3.13. The molecule has 0 saturated carbocycles. The summed E-state index contributed by atoms with van der Waals surface area (Å²) in [4.78, 5) is 0. The maximum Gasteiger partial charge on any atom is 0.137 e. The Balaban J connectivity index is 2.02. The maximum absolute atomic E-state index is 9.90. The second-order valence-electron chi connectivity index (χ2n) is 6.89. The third-order valence-corrected chi connectivity index (χ3v) is 4.77. The number of hydrogen-bond acceptors (Lipinski definition) is 6. The second kappa shape index (κ2) is 13.0. The molecule has 5 N–H and O–H groups in total. The molecule has 0 aliphatic carbocycles. The Bertz CT molecular complexity index is 303. The van der Waals surface area contributed by atoms with Crippen LogP contribution >= 0.6 is 0 Å². The molecule has 0 amide bonds. The summed E-state index contributed by atoms with van der Waals surface area (Å²) in [6.07, 6.45) is 7.21. The molecular formula is C18H37NO5. The van der Waals surface area contributed by atoms with Crippen molar-refractivity contribution in [2.75, 3.05) is 13.2 Å². The Morgan fingerprint density at radius 3 is 1.83 bits per heavy atom. The Morgan fingerprint density at radius 2 is 1.29 bits per heavy atom. The van der Waals surface area contributed by atoms with Gasteiger partial charge in [-0.1, -0.05) is 64.7 Å². The Kier molecular flexibility index (Phi) is 11.8. The summed E-state index contributed by atoms with van der Waals surface area (Å²) >= 11 is 0. The van der Waals surface area contributed by atoms with Crippen molar-refractivity contribution < 1.29 is 25.2 Å². The van der Waals surface area contributed by atoms with E-state index >= 15 is 0 Å². The molecule has 1 aliphatic rings. The van der Waals surface area contributed by atoms with Crippen LogP contribution in [0.3, 0.4) is 0 Å². The molecule has 6 nitrogen and oxygen atoms in total. The summed E-state index contributed by atoms with van der Waals surface area (Å²) < 4.78 is 5.40. The van der Waals surface area contributed by atoms with E-state index in [0.717, 1.165) is 12.8 Å². The lowest BCUT2D eigenvalue weighted by molar-refractivity contribution is -0.236. The van der Waals surface area contributed by atoms with Crippen LogP contribution in [0.15, 0.2) is 0 Å². The van der Waals surface area contributed by atoms with Crippen molar-refractivity contribution in [3.8, 4) is 0 Å². The Labute approximate surface area is 146 Å². The van der Waals surface area contributed by atoms with Crippen molar-refractivity contribution in [1.29, 1.82) is 0 Å². The van der Waals surface area contributed by atoms with Crippen LogP contribution in [0, 0.1) is 0 Å². The molecule has 1 heterocycles. The largest absolute Gasteiger partial charge is 0.394 e. The number of ether oxygens (including phenoxy) is 1. The van der Waals surface area contributed by atoms with Gasteiger partial charge < -0.3 is 25.2 Å². The molecule has 1 unspecified atom stereocenters. The molecule has 144 valence electrons. The quantitative estimate of drug-likeness (QED) is 0.322. The van der Waals surface area contributed by atoms with E-state index in [1.807, 2.05) is 0 Å². The molecule has 0 aromatic heterocycles. The molecular weight excluding hydrogens is 310 g/mol. The van der Waals surface area contributed by atoms with E-state index in [-0.39, 0.29) is 6.61 Å². The normalized spacial score (nSPS) is 30.6. The molecule has 24 heavy (non-hydrogen) atoms. The topological polar surface area (TPSA) is 102 Å². The van der Waals surface area contributed by atoms with Crippen LogP contribution in [-0.2, 0) is 4.74 Å². The van der Waals surface area contributed by atoms with Crippen LogP contribution in [0.5, 0.6) is 0 Å². The van der Waals surface area contributed by atoms with E-state index in [1.54, 1.807) is 0 Å². The minimum absolute atomic E-state index is 0.388. The van der Waals surface area contributed by atoms with Gasteiger partial charge in [0.05, 0.1) is 6.61 Å². The molecule has 0 radical (unpaired) electrons. The Morgan fingerprint density at radius 1 is 0.750 bits per heavy atom. The average Bonchev–Trinajstić information content (AvgIpc) is 2.59. The first kappa shape index (κ1) is 21.8.